The van der Waals surface area contributed by atoms with Crippen molar-refractivity contribution in [3.8, 4) is 0 Å². The maximum absolute atomic E-state index is 13.0. The normalized spacial score (nSPS) is 20.6. The van der Waals surface area contributed by atoms with E-state index < -0.39 is 6.04 Å². The van der Waals surface area contributed by atoms with Gasteiger partial charge in [-0.1, -0.05) is 19.1 Å². The van der Waals surface area contributed by atoms with Crippen LogP contribution in [0.3, 0.4) is 0 Å². The number of carbonyl (C=O) groups is 2. The van der Waals surface area contributed by atoms with Gasteiger partial charge in [0, 0.05) is 13.1 Å². The maximum Gasteiger partial charge on any atom is 0.242 e. The average Bonchev–Trinajstić information content (AvgIpc) is 2.64. The highest BCUT2D eigenvalue weighted by Gasteiger charge is 2.32. The van der Waals surface area contributed by atoms with Crippen LogP contribution in [0.15, 0.2) is 24.3 Å². The summed E-state index contributed by atoms with van der Waals surface area (Å²) in [5, 5.41) is 2.80. The molecule has 1 heterocycles. The summed E-state index contributed by atoms with van der Waals surface area (Å²) in [6.45, 7) is 4.83. The number of rotatable bonds is 3. The van der Waals surface area contributed by atoms with Crippen molar-refractivity contribution in [3.63, 3.8) is 0 Å². The van der Waals surface area contributed by atoms with Crippen molar-refractivity contribution >= 4 is 11.8 Å². The fourth-order valence-electron chi connectivity index (χ4n) is 2.69. The van der Waals surface area contributed by atoms with E-state index in [1.165, 1.54) is 12.1 Å². The molecule has 2 atom stereocenters. The van der Waals surface area contributed by atoms with Gasteiger partial charge in [0.15, 0.2) is 0 Å². The molecule has 5 heteroatoms. The summed E-state index contributed by atoms with van der Waals surface area (Å²) in [5.74, 6) is -0.828. The zero-order valence-corrected chi connectivity index (χ0v) is 12.4. The molecule has 0 bridgehead atoms. The number of hydrogen-bond donors (Lipinski definition) is 1. The Morgan fingerprint density at radius 1 is 1.43 bits per heavy atom. The largest absolute Gasteiger partial charge is 0.354 e. The van der Waals surface area contributed by atoms with Crippen LogP contribution in [-0.4, -0.2) is 35.8 Å². The van der Waals surface area contributed by atoms with Crippen molar-refractivity contribution in [1.82, 2.24) is 10.2 Å². The molecule has 1 N–H and O–H groups in total. The predicted molar refractivity (Wildman–Crippen MR) is 78.2 cm³/mol. The lowest BCUT2D eigenvalue weighted by molar-refractivity contribution is -0.140. The van der Waals surface area contributed by atoms with Crippen molar-refractivity contribution in [2.24, 2.45) is 0 Å². The van der Waals surface area contributed by atoms with Crippen molar-refractivity contribution in [2.75, 3.05) is 13.1 Å². The van der Waals surface area contributed by atoms with Crippen LogP contribution in [0.1, 0.15) is 38.2 Å². The van der Waals surface area contributed by atoms with Gasteiger partial charge in [-0.15, -0.1) is 0 Å². The Hall–Kier alpha value is -1.91. The monoisotopic (exact) mass is 292 g/mol. The Morgan fingerprint density at radius 3 is 2.71 bits per heavy atom. The van der Waals surface area contributed by atoms with Gasteiger partial charge in [0.05, 0.1) is 5.92 Å². The second-order valence-electron chi connectivity index (χ2n) is 5.36. The van der Waals surface area contributed by atoms with Crippen LogP contribution in [0.2, 0.25) is 0 Å². The molecular weight excluding hydrogens is 271 g/mol. The Bertz CT molecular complexity index is 516. The molecule has 0 aliphatic carbocycles. The van der Waals surface area contributed by atoms with E-state index in [-0.39, 0.29) is 23.5 Å². The molecular formula is C16H21FN2O2. The van der Waals surface area contributed by atoms with E-state index in [9.17, 15) is 14.0 Å². The van der Waals surface area contributed by atoms with Gasteiger partial charge in [0.1, 0.15) is 11.9 Å². The minimum atomic E-state index is -0.463. The third kappa shape index (κ3) is 3.40. The highest BCUT2D eigenvalue weighted by Crippen LogP contribution is 2.24. The average molecular weight is 292 g/mol. The molecule has 4 nitrogen and oxygen atoms in total. The molecule has 1 fully saturated rings. The first-order valence-corrected chi connectivity index (χ1v) is 7.38. The van der Waals surface area contributed by atoms with Crippen molar-refractivity contribution in [2.45, 2.75) is 38.6 Å². The Kier molecular flexibility index (Phi) is 4.94. The van der Waals surface area contributed by atoms with Gasteiger partial charge < -0.3 is 10.2 Å². The second kappa shape index (κ2) is 6.70. The first-order valence-electron chi connectivity index (χ1n) is 7.38. The molecule has 2 amide bonds. The van der Waals surface area contributed by atoms with Crippen molar-refractivity contribution in [3.05, 3.63) is 35.6 Å². The van der Waals surface area contributed by atoms with Crippen LogP contribution in [0.4, 0.5) is 4.39 Å². The molecule has 2 rings (SSSR count). The van der Waals surface area contributed by atoms with Crippen LogP contribution in [0, 0.1) is 5.82 Å². The molecule has 1 saturated heterocycles. The molecule has 1 aliphatic rings. The van der Waals surface area contributed by atoms with E-state index in [0.717, 1.165) is 12.0 Å². The summed E-state index contributed by atoms with van der Waals surface area (Å²) < 4.78 is 13.0. The van der Waals surface area contributed by atoms with Gasteiger partial charge in [-0.2, -0.15) is 0 Å². The molecule has 21 heavy (non-hydrogen) atoms. The molecule has 0 unspecified atom stereocenters. The summed E-state index contributed by atoms with van der Waals surface area (Å²) in [5.41, 5.74) is 0.792. The van der Waals surface area contributed by atoms with Crippen LogP contribution in [0.5, 0.6) is 0 Å². The number of nitrogens with zero attached hydrogens (tertiary/aromatic N) is 1. The zero-order valence-electron chi connectivity index (χ0n) is 12.4. The molecule has 114 valence electrons. The highest BCUT2D eigenvalue weighted by atomic mass is 19.1. The quantitative estimate of drug-likeness (QED) is 0.927. The van der Waals surface area contributed by atoms with Crippen molar-refractivity contribution in [1.29, 1.82) is 0 Å². The molecule has 0 spiro atoms. The standard InChI is InChI=1S/C16H21FN2O2/c1-3-14(12-5-7-13(17)8-6-12)16(21)19-10-4-9-18-15(20)11(19)2/h5-8,11,14H,3-4,9-10H2,1-2H3,(H,18,20)/t11-,14-/m0/s1. The number of carbonyl (C=O) groups excluding carboxylic acids is 2. The van der Waals surface area contributed by atoms with E-state index in [1.54, 1.807) is 24.0 Å². The summed E-state index contributed by atoms with van der Waals surface area (Å²) in [4.78, 5) is 26.3. The van der Waals surface area contributed by atoms with E-state index in [2.05, 4.69) is 5.32 Å². The van der Waals surface area contributed by atoms with Crippen LogP contribution >= 0.6 is 0 Å². The predicted octanol–water partition coefficient (Wildman–Crippen LogP) is 2.06. The second-order valence-corrected chi connectivity index (χ2v) is 5.36. The summed E-state index contributed by atoms with van der Waals surface area (Å²) in [7, 11) is 0. The Morgan fingerprint density at radius 2 is 2.10 bits per heavy atom. The van der Waals surface area contributed by atoms with Gasteiger partial charge in [-0.05, 0) is 37.5 Å². The lowest BCUT2D eigenvalue weighted by Crippen LogP contribution is -2.47. The van der Waals surface area contributed by atoms with E-state index in [4.69, 9.17) is 0 Å². The first kappa shape index (κ1) is 15.5. The van der Waals surface area contributed by atoms with Crippen LogP contribution in [0.25, 0.3) is 0 Å². The summed E-state index contributed by atoms with van der Waals surface area (Å²) >= 11 is 0. The number of halogens is 1. The molecule has 0 radical (unpaired) electrons. The smallest absolute Gasteiger partial charge is 0.242 e. The molecule has 0 saturated carbocycles. The lowest BCUT2D eigenvalue weighted by atomic mass is 9.94. The van der Waals surface area contributed by atoms with Gasteiger partial charge in [-0.25, -0.2) is 4.39 Å². The van der Waals surface area contributed by atoms with Crippen LogP contribution < -0.4 is 5.32 Å². The molecule has 1 aromatic rings. The first-order chi connectivity index (χ1) is 10.0. The van der Waals surface area contributed by atoms with Gasteiger partial charge in [-0.3, -0.25) is 9.59 Å². The summed E-state index contributed by atoms with van der Waals surface area (Å²) in [6.07, 6.45) is 1.37. The Labute approximate surface area is 124 Å². The lowest BCUT2D eigenvalue weighted by Gasteiger charge is -2.29. The number of amides is 2. The topological polar surface area (TPSA) is 49.4 Å². The number of benzene rings is 1. The molecule has 1 aliphatic heterocycles. The van der Waals surface area contributed by atoms with E-state index in [0.29, 0.717) is 19.5 Å². The third-order valence-corrected chi connectivity index (χ3v) is 3.98. The van der Waals surface area contributed by atoms with E-state index >= 15 is 0 Å². The number of hydrogen-bond acceptors (Lipinski definition) is 2. The highest BCUT2D eigenvalue weighted by molar-refractivity contribution is 5.90. The third-order valence-electron chi connectivity index (χ3n) is 3.98. The molecule has 0 aromatic heterocycles. The maximum atomic E-state index is 13.0. The summed E-state index contributed by atoms with van der Waals surface area (Å²) in [6, 6.07) is 5.55. The fraction of sp³-hybridized carbons (Fsp3) is 0.500. The SMILES string of the molecule is CC[C@H](C(=O)N1CCCNC(=O)[C@@H]1C)c1ccc(F)cc1. The van der Waals surface area contributed by atoms with Crippen LogP contribution in [-0.2, 0) is 9.59 Å². The van der Waals surface area contributed by atoms with Gasteiger partial charge >= 0.3 is 0 Å². The Balaban J connectivity index is 2.22. The fourth-order valence-corrected chi connectivity index (χ4v) is 2.69. The minimum absolute atomic E-state index is 0.0614. The zero-order chi connectivity index (χ0) is 15.4. The van der Waals surface area contributed by atoms with Gasteiger partial charge in [0.2, 0.25) is 11.8 Å². The minimum Gasteiger partial charge on any atom is -0.354 e. The number of nitrogens with one attached hydrogen (secondary N) is 1. The van der Waals surface area contributed by atoms with E-state index in [1.807, 2.05) is 6.92 Å². The van der Waals surface area contributed by atoms with Crippen molar-refractivity contribution < 1.29 is 14.0 Å². The van der Waals surface area contributed by atoms with Gasteiger partial charge in [0.25, 0.3) is 0 Å². The molecule has 1 aromatic carbocycles.